The molecule has 0 N–H and O–H groups in total. The third-order valence-electron chi connectivity index (χ3n) is 21.5. The minimum Gasteiger partial charge on any atom is -0.350 e. The SMILES string of the molecule is Cn1cc(-c2cccc(-c3cn(C)c4ccccc34)c2-c2cc3c4c(c2)-n2c5ccc6c7ccccc7c7ccccc7c6c5c5c6c7ccccc7c7ccccc7c6cc(c52)B4c2cc(C(C)(C)C)cc4c5cc(C(C)(C)C)ccc5n-3c24)c2ccccc21. The number of fused-ring (bicyclic) bond motifs is 26. The molecule has 0 aliphatic carbocycles. The van der Waals surface area contributed by atoms with Crippen LogP contribution in [0.5, 0.6) is 0 Å². The fourth-order valence-corrected chi connectivity index (χ4v) is 17.5. The lowest BCUT2D eigenvalue weighted by atomic mass is 9.34. The highest BCUT2D eigenvalue weighted by Gasteiger charge is 2.43. The average molecular weight is 1160 g/mol. The number of rotatable bonds is 3. The first-order valence-electron chi connectivity index (χ1n) is 32.4. The summed E-state index contributed by atoms with van der Waals surface area (Å²) in [6, 6.07) is 87.2. The van der Waals surface area contributed by atoms with Gasteiger partial charge in [-0.05, 0) is 163 Å². The van der Waals surface area contributed by atoms with E-state index in [1.807, 2.05) is 0 Å². The quantitative estimate of drug-likeness (QED) is 0.124. The second-order valence-electron chi connectivity index (χ2n) is 28.5. The zero-order valence-corrected chi connectivity index (χ0v) is 52.4. The van der Waals surface area contributed by atoms with Crippen LogP contribution in [0, 0.1) is 0 Å². The zero-order valence-electron chi connectivity index (χ0n) is 52.4. The average Bonchev–Trinajstić information content (AvgIpc) is 1.54. The van der Waals surface area contributed by atoms with Crippen LogP contribution in [0.2, 0.25) is 0 Å². The highest BCUT2D eigenvalue weighted by atomic mass is 15.0. The summed E-state index contributed by atoms with van der Waals surface area (Å²) in [6.07, 6.45) is 4.73. The molecular weight excluding hydrogens is 1100 g/mol. The van der Waals surface area contributed by atoms with Crippen molar-refractivity contribution in [3.63, 3.8) is 0 Å². The minimum atomic E-state index is -0.142. The molecule has 0 atom stereocenters. The van der Waals surface area contributed by atoms with Crippen LogP contribution in [0.25, 0.3) is 175 Å². The first kappa shape index (κ1) is 51.3. The molecule has 4 aromatic heterocycles. The number of hydrogen-bond acceptors (Lipinski definition) is 0. The smallest absolute Gasteiger partial charge is 0.252 e. The van der Waals surface area contributed by atoms with E-state index in [0.29, 0.717) is 0 Å². The van der Waals surface area contributed by atoms with Crippen molar-refractivity contribution in [2.24, 2.45) is 14.1 Å². The molecule has 91 heavy (non-hydrogen) atoms. The van der Waals surface area contributed by atoms with Gasteiger partial charge in [0.05, 0.1) is 16.6 Å². The van der Waals surface area contributed by atoms with Crippen LogP contribution < -0.4 is 16.4 Å². The molecule has 0 saturated heterocycles. The Labute approximate surface area is 527 Å². The van der Waals surface area contributed by atoms with Gasteiger partial charge in [0.25, 0.3) is 6.71 Å². The molecule has 2 aliphatic rings. The molecule has 0 fully saturated rings. The number of nitrogens with zero attached hydrogens (tertiary/aromatic N) is 4. The predicted molar refractivity (Wildman–Crippen MR) is 391 cm³/mol. The molecule has 6 heterocycles. The fraction of sp³-hybridized carbons (Fsp3) is 0.116. The molecule has 0 radical (unpaired) electrons. The summed E-state index contributed by atoms with van der Waals surface area (Å²) in [5.41, 5.74) is 23.7. The summed E-state index contributed by atoms with van der Waals surface area (Å²) in [5.74, 6) is 0. The highest BCUT2D eigenvalue weighted by Crippen LogP contribution is 2.52. The topological polar surface area (TPSA) is 19.7 Å². The molecule has 0 saturated carbocycles. The van der Waals surface area contributed by atoms with Crippen molar-refractivity contribution in [2.75, 3.05) is 0 Å². The van der Waals surface area contributed by atoms with Gasteiger partial charge in [-0.25, -0.2) is 0 Å². The van der Waals surface area contributed by atoms with Gasteiger partial charge in [-0.2, -0.15) is 0 Å². The second-order valence-corrected chi connectivity index (χ2v) is 28.5. The summed E-state index contributed by atoms with van der Waals surface area (Å²) < 4.78 is 10.1. The van der Waals surface area contributed by atoms with Gasteiger partial charge >= 0.3 is 0 Å². The van der Waals surface area contributed by atoms with E-state index in [-0.39, 0.29) is 17.5 Å². The Morgan fingerprint density at radius 3 is 1.29 bits per heavy atom. The molecule has 0 amide bonds. The zero-order chi connectivity index (χ0) is 60.8. The van der Waals surface area contributed by atoms with E-state index in [9.17, 15) is 0 Å². The monoisotopic (exact) mass is 1160 g/mol. The van der Waals surface area contributed by atoms with Crippen molar-refractivity contribution >= 4 is 153 Å². The van der Waals surface area contributed by atoms with Crippen molar-refractivity contribution < 1.29 is 0 Å². The van der Waals surface area contributed by atoms with Crippen molar-refractivity contribution in [1.29, 1.82) is 0 Å². The van der Waals surface area contributed by atoms with Gasteiger partial charge in [-0.1, -0.05) is 217 Å². The van der Waals surface area contributed by atoms with E-state index < -0.39 is 0 Å². The summed E-state index contributed by atoms with van der Waals surface area (Å²) in [5, 5.41) is 23.2. The first-order chi connectivity index (χ1) is 44.3. The Hall–Kier alpha value is -10.6. The third kappa shape index (κ3) is 6.65. The predicted octanol–water partition coefficient (Wildman–Crippen LogP) is 20.5. The largest absolute Gasteiger partial charge is 0.350 e. The molecule has 0 unspecified atom stereocenters. The second kappa shape index (κ2) is 17.6. The lowest BCUT2D eigenvalue weighted by molar-refractivity contribution is 0.590. The summed E-state index contributed by atoms with van der Waals surface area (Å²) >= 11 is 0. The van der Waals surface area contributed by atoms with Crippen LogP contribution in [0.15, 0.2) is 237 Å². The van der Waals surface area contributed by atoms with E-state index >= 15 is 0 Å². The van der Waals surface area contributed by atoms with Crippen LogP contribution in [-0.4, -0.2) is 25.0 Å². The Morgan fingerprint density at radius 1 is 0.297 bits per heavy atom. The van der Waals surface area contributed by atoms with Gasteiger partial charge in [0, 0.05) is 109 Å². The maximum absolute atomic E-state index is 2.77. The maximum Gasteiger partial charge on any atom is 0.252 e. The Balaban J connectivity index is 1.06. The van der Waals surface area contributed by atoms with Crippen LogP contribution >= 0.6 is 0 Å². The van der Waals surface area contributed by atoms with Crippen LogP contribution in [0.1, 0.15) is 52.7 Å². The van der Waals surface area contributed by atoms with Gasteiger partial charge in [-0.3, -0.25) is 0 Å². The lowest BCUT2D eigenvalue weighted by Gasteiger charge is -2.35. The van der Waals surface area contributed by atoms with E-state index in [2.05, 4.69) is 311 Å². The maximum atomic E-state index is 2.77. The minimum absolute atomic E-state index is 0.0592. The van der Waals surface area contributed by atoms with Crippen molar-refractivity contribution in [1.82, 2.24) is 18.3 Å². The molecule has 2 aliphatic heterocycles. The van der Waals surface area contributed by atoms with Gasteiger partial charge in [0.15, 0.2) is 0 Å². The van der Waals surface area contributed by atoms with Crippen LogP contribution in [0.4, 0.5) is 0 Å². The summed E-state index contributed by atoms with van der Waals surface area (Å²) in [6.45, 7) is 14.1. The molecule has 20 rings (SSSR count). The summed E-state index contributed by atoms with van der Waals surface area (Å²) in [4.78, 5) is 0. The van der Waals surface area contributed by atoms with Crippen LogP contribution in [-0.2, 0) is 24.9 Å². The fourth-order valence-electron chi connectivity index (χ4n) is 17.5. The summed E-state index contributed by atoms with van der Waals surface area (Å²) in [7, 11) is 4.40. The number of benzene rings is 14. The molecule has 0 bridgehead atoms. The standard InChI is InChI=1S/C86H63BN4/c1-85(2,3)49-36-38-73-64(42-49)66-43-50(86(4,5)6)44-69-83(66)90(73)75-40-48(77-61(67-46-88(7)71-34-19-17-28-57(67)71)32-21-33-62(77)68-47-89(8)72-35-20-18-29-58(68)72)41-76-82(75)87(69)70-45-65-56-27-12-10-23-52(56)54-25-14-16-31-60(54)79(65)81-80-74(91(76)84(70)81)39-37-63-55-26-11-9-22-51(55)53-24-13-15-30-59(53)78(63)80/h9-47H,1-8H3. The number of aromatic nitrogens is 4. The highest BCUT2D eigenvalue weighted by molar-refractivity contribution is 7.00. The van der Waals surface area contributed by atoms with Gasteiger partial charge in [-0.15, -0.1) is 0 Å². The normalized spacial score (nSPS) is 13.3. The van der Waals surface area contributed by atoms with Gasteiger partial charge in [0.2, 0.25) is 0 Å². The van der Waals surface area contributed by atoms with Crippen molar-refractivity contribution in [2.45, 2.75) is 52.4 Å². The van der Waals surface area contributed by atoms with E-state index in [1.165, 1.54) is 202 Å². The number of para-hydroxylation sites is 2. The van der Waals surface area contributed by atoms with Gasteiger partial charge in [0.1, 0.15) is 0 Å². The molecule has 5 heteroatoms. The Morgan fingerprint density at radius 2 is 0.736 bits per heavy atom. The van der Waals surface area contributed by atoms with Crippen molar-refractivity contribution in [3.8, 4) is 44.8 Å². The van der Waals surface area contributed by atoms with Gasteiger partial charge < -0.3 is 18.3 Å². The van der Waals surface area contributed by atoms with Crippen molar-refractivity contribution in [3.05, 3.63) is 248 Å². The number of hydrogen-bond donors (Lipinski definition) is 0. The van der Waals surface area contributed by atoms with E-state index in [0.717, 1.165) is 0 Å². The van der Waals surface area contributed by atoms with E-state index in [1.54, 1.807) is 0 Å². The Bertz CT molecular complexity index is 6240. The third-order valence-corrected chi connectivity index (χ3v) is 21.5. The molecular formula is C86H63BN4. The lowest BCUT2D eigenvalue weighted by Crippen LogP contribution is -2.59. The molecule has 4 nitrogen and oxygen atoms in total. The molecule has 430 valence electrons. The number of aryl methyl sites for hydroxylation is 2. The molecule has 18 aromatic rings. The van der Waals surface area contributed by atoms with Crippen LogP contribution in [0.3, 0.4) is 0 Å². The molecule has 14 aromatic carbocycles. The Kier molecular flexibility index (Phi) is 9.93. The first-order valence-corrected chi connectivity index (χ1v) is 32.4. The molecule has 0 spiro atoms. The van der Waals surface area contributed by atoms with E-state index in [4.69, 9.17) is 0 Å².